The molecule has 1 aromatic carbocycles. The van der Waals surface area contributed by atoms with Gasteiger partial charge in [-0.2, -0.15) is 0 Å². The number of rotatable bonds is 0. The van der Waals surface area contributed by atoms with E-state index in [1.54, 1.807) is 6.07 Å². The lowest BCUT2D eigenvalue weighted by molar-refractivity contribution is -0.0150. The highest BCUT2D eigenvalue weighted by Crippen LogP contribution is 1.86. The Hall–Kier alpha value is -1.71. The maximum absolute atomic E-state index is 11.3. The van der Waals surface area contributed by atoms with Crippen molar-refractivity contribution in [1.82, 2.24) is 9.80 Å². The zero-order chi connectivity index (χ0) is 9.26. The first-order valence-corrected chi connectivity index (χ1v) is 4.02. The van der Waals surface area contributed by atoms with Crippen molar-refractivity contribution < 1.29 is 4.84 Å². The summed E-state index contributed by atoms with van der Waals surface area (Å²) in [6.07, 6.45) is 1.88. The minimum absolute atomic E-state index is 0.276. The zero-order valence-corrected chi connectivity index (χ0v) is 7.30. The van der Waals surface area contributed by atoms with Gasteiger partial charge in [-0.1, -0.05) is 12.1 Å². The van der Waals surface area contributed by atoms with Gasteiger partial charge < -0.3 is 9.74 Å². The first kappa shape index (κ1) is 7.91. The van der Waals surface area contributed by atoms with Crippen LogP contribution in [0.4, 0.5) is 0 Å². The molecule has 0 aliphatic carbocycles. The molecule has 0 saturated heterocycles. The van der Waals surface area contributed by atoms with Gasteiger partial charge in [-0.15, -0.1) is 0 Å². The van der Waals surface area contributed by atoms with Gasteiger partial charge in [0.1, 0.15) is 6.73 Å². The van der Waals surface area contributed by atoms with Crippen LogP contribution in [-0.4, -0.2) is 18.7 Å². The Morgan fingerprint density at radius 1 is 1.46 bits per heavy atom. The number of fused-ring (bicyclic) bond motifs is 1. The molecule has 13 heavy (non-hydrogen) atoms. The largest absolute Gasteiger partial charge is 0.382 e. The van der Waals surface area contributed by atoms with Crippen molar-refractivity contribution in [2.45, 2.75) is 0 Å². The summed E-state index contributed by atoms with van der Waals surface area (Å²) in [4.78, 5) is 7.28. The molecular formula is C9H10N2O2. The number of hydrogen-bond acceptors (Lipinski definition) is 3. The Balaban J connectivity index is 2.77. The van der Waals surface area contributed by atoms with Crippen LogP contribution in [-0.2, 0) is 4.84 Å². The van der Waals surface area contributed by atoms with Gasteiger partial charge in [-0.3, -0.25) is 5.21 Å². The van der Waals surface area contributed by atoms with Crippen molar-refractivity contribution in [2.75, 3.05) is 13.8 Å². The van der Waals surface area contributed by atoms with Crippen molar-refractivity contribution >= 4 is 6.20 Å². The van der Waals surface area contributed by atoms with Gasteiger partial charge in [-0.25, -0.2) is 0 Å². The standard InChI is InChI=1S/C9H10N2O2/c1-10-6-8-4-2-3-5-9(8)11(12)13-7-10/h2-6H,7H2,1H3. The molecule has 0 spiro atoms. The highest BCUT2D eigenvalue weighted by atomic mass is 16.9. The van der Waals surface area contributed by atoms with E-state index in [0.717, 1.165) is 5.22 Å². The second-order valence-corrected chi connectivity index (χ2v) is 2.96. The Bertz CT molecular complexity index is 427. The smallest absolute Gasteiger partial charge is 0.276 e. The van der Waals surface area contributed by atoms with Gasteiger partial charge in [-0.05, 0) is 6.07 Å². The number of hydrogen-bond donors (Lipinski definition) is 0. The van der Waals surface area contributed by atoms with Crippen LogP contribution in [0.1, 0.15) is 0 Å². The second-order valence-electron chi connectivity index (χ2n) is 2.96. The van der Waals surface area contributed by atoms with E-state index >= 15 is 0 Å². The molecule has 0 fully saturated rings. The van der Waals surface area contributed by atoms with Gasteiger partial charge in [0.05, 0.1) is 5.22 Å². The molecular weight excluding hydrogens is 168 g/mol. The van der Waals surface area contributed by atoms with Gasteiger partial charge in [0, 0.05) is 24.2 Å². The molecule has 0 radical (unpaired) electrons. The molecule has 1 aromatic rings. The van der Waals surface area contributed by atoms with Gasteiger partial charge in [0.2, 0.25) is 0 Å². The Labute approximate surface area is 75.5 Å². The summed E-state index contributed by atoms with van der Waals surface area (Å²) in [7, 11) is 1.86. The van der Waals surface area contributed by atoms with Crippen molar-refractivity contribution in [3.8, 4) is 0 Å². The fraction of sp³-hybridized carbons (Fsp3) is 0.222. The van der Waals surface area contributed by atoms with Crippen LogP contribution in [0.25, 0.3) is 6.20 Å². The maximum Gasteiger partial charge on any atom is 0.276 e. The molecule has 1 aliphatic heterocycles. The molecule has 0 atom stereocenters. The van der Waals surface area contributed by atoms with E-state index in [1.165, 1.54) is 0 Å². The van der Waals surface area contributed by atoms with E-state index in [4.69, 9.17) is 4.84 Å². The minimum Gasteiger partial charge on any atom is -0.382 e. The van der Waals surface area contributed by atoms with E-state index < -0.39 is 0 Å². The summed E-state index contributed by atoms with van der Waals surface area (Å²) in [5.74, 6) is 0. The predicted octanol–water partition coefficient (Wildman–Crippen LogP) is -0.752. The monoisotopic (exact) mass is 178 g/mol. The summed E-state index contributed by atoms with van der Waals surface area (Å²) >= 11 is 0. The molecule has 68 valence electrons. The van der Waals surface area contributed by atoms with Crippen LogP contribution in [0.2, 0.25) is 0 Å². The van der Waals surface area contributed by atoms with E-state index in [9.17, 15) is 5.21 Å². The lowest BCUT2D eigenvalue weighted by atomic mass is 10.3. The molecule has 0 N–H and O–H groups in total. The summed E-state index contributed by atoms with van der Waals surface area (Å²) in [5.41, 5.74) is 0. The van der Waals surface area contributed by atoms with Crippen LogP contribution in [0.3, 0.4) is 0 Å². The fourth-order valence-electron chi connectivity index (χ4n) is 1.25. The maximum atomic E-state index is 11.3. The number of para-hydroxylation sites is 1. The lowest BCUT2D eigenvalue weighted by Gasteiger charge is -2.12. The number of nitrogens with zero attached hydrogens (tertiary/aromatic N) is 2. The van der Waals surface area contributed by atoms with Gasteiger partial charge in [0.15, 0.2) is 0 Å². The summed E-state index contributed by atoms with van der Waals surface area (Å²) in [6, 6.07) is 7.32. The highest BCUT2D eigenvalue weighted by Gasteiger charge is 2.04. The Morgan fingerprint density at radius 2 is 2.23 bits per heavy atom. The molecule has 0 bridgehead atoms. The van der Waals surface area contributed by atoms with Crippen molar-refractivity contribution in [1.29, 1.82) is 0 Å². The molecule has 0 aromatic heterocycles. The number of benzene rings is 1. The predicted molar refractivity (Wildman–Crippen MR) is 48.5 cm³/mol. The lowest BCUT2D eigenvalue weighted by Crippen LogP contribution is -2.35. The molecule has 0 amide bonds. The minimum atomic E-state index is 0.276. The molecule has 4 heteroatoms. The third-order valence-electron chi connectivity index (χ3n) is 1.87. The first-order valence-electron chi connectivity index (χ1n) is 4.02. The average Bonchev–Trinajstić information content (AvgIpc) is 2.27. The molecule has 0 saturated carbocycles. The topological polar surface area (TPSA) is 38.5 Å². The Morgan fingerprint density at radius 3 is 3.08 bits per heavy atom. The summed E-state index contributed by atoms with van der Waals surface area (Å²) in [6.45, 7) is 0.276. The highest BCUT2D eigenvalue weighted by molar-refractivity contribution is 5.21. The molecule has 0 unspecified atom stereocenters. The second kappa shape index (κ2) is 2.97. The summed E-state index contributed by atoms with van der Waals surface area (Å²) < 4.78 is 0. The van der Waals surface area contributed by atoms with Crippen molar-refractivity contribution in [3.63, 3.8) is 0 Å². The van der Waals surface area contributed by atoms with E-state index in [-0.39, 0.29) is 6.73 Å². The van der Waals surface area contributed by atoms with E-state index in [2.05, 4.69) is 0 Å². The summed E-state index contributed by atoms with van der Waals surface area (Å²) in [5, 5.41) is 12.7. The molecule has 1 aliphatic rings. The Kier molecular flexibility index (Phi) is 1.81. The van der Waals surface area contributed by atoms with Crippen LogP contribution in [0.15, 0.2) is 24.3 Å². The van der Waals surface area contributed by atoms with Crippen molar-refractivity contribution in [3.05, 3.63) is 40.0 Å². The molecule has 1 heterocycles. The van der Waals surface area contributed by atoms with E-state index in [0.29, 0.717) is 10.3 Å². The zero-order valence-electron chi connectivity index (χ0n) is 7.30. The normalized spacial score (nSPS) is 15.5. The quantitative estimate of drug-likeness (QED) is 0.490. The van der Waals surface area contributed by atoms with E-state index in [1.807, 2.05) is 36.3 Å². The van der Waals surface area contributed by atoms with Gasteiger partial charge in [0.25, 0.3) is 5.36 Å². The third kappa shape index (κ3) is 1.42. The van der Waals surface area contributed by atoms with Crippen LogP contribution < -0.4 is 15.5 Å². The van der Waals surface area contributed by atoms with Crippen LogP contribution in [0.5, 0.6) is 0 Å². The SMILES string of the molecule is CN1C=c2ccccc2=[N+]([O-])OC1. The molecule has 4 nitrogen and oxygen atoms in total. The molecule has 2 rings (SSSR count). The van der Waals surface area contributed by atoms with Gasteiger partial charge >= 0.3 is 0 Å². The van der Waals surface area contributed by atoms with Crippen molar-refractivity contribution in [2.24, 2.45) is 0 Å². The third-order valence-corrected chi connectivity index (χ3v) is 1.87. The fourth-order valence-corrected chi connectivity index (χ4v) is 1.25. The first-order chi connectivity index (χ1) is 6.27. The van der Waals surface area contributed by atoms with Crippen LogP contribution in [0, 0.1) is 5.21 Å². The van der Waals surface area contributed by atoms with Crippen LogP contribution >= 0.6 is 0 Å². The average molecular weight is 178 g/mol.